The van der Waals surface area contributed by atoms with Crippen LogP contribution in [-0.2, 0) is 14.9 Å². The maximum absolute atomic E-state index is 13.3. The van der Waals surface area contributed by atoms with Crippen LogP contribution in [-0.4, -0.2) is 30.7 Å². The Hall–Kier alpha value is -1.04. The zero-order valence-corrected chi connectivity index (χ0v) is 10.4. The van der Waals surface area contributed by atoms with Gasteiger partial charge < -0.3 is 14.6 Å². The first kappa shape index (κ1) is 13.4. The molecule has 0 spiro atoms. The van der Waals surface area contributed by atoms with Gasteiger partial charge in [-0.05, 0) is 31.5 Å². The second kappa shape index (κ2) is 4.57. The van der Waals surface area contributed by atoms with Crippen molar-refractivity contribution < 1.29 is 23.4 Å². The molecule has 18 heavy (non-hydrogen) atoms. The number of aliphatic hydroxyl groups excluding tert-OH is 1. The van der Waals surface area contributed by atoms with Crippen molar-refractivity contribution in [3.05, 3.63) is 35.4 Å². The molecular weight excluding hydrogens is 242 g/mol. The van der Waals surface area contributed by atoms with Gasteiger partial charge in [0.2, 0.25) is 0 Å². The summed E-state index contributed by atoms with van der Waals surface area (Å²) in [5.41, 5.74) is -0.372. The van der Waals surface area contributed by atoms with Crippen molar-refractivity contribution in [2.45, 2.75) is 25.0 Å². The van der Waals surface area contributed by atoms with Gasteiger partial charge in [-0.3, -0.25) is 0 Å². The second-order valence-electron chi connectivity index (χ2n) is 5.04. The van der Waals surface area contributed by atoms with Gasteiger partial charge in [-0.25, -0.2) is 8.78 Å². The molecule has 0 bridgehead atoms. The smallest absolute Gasteiger partial charge is 0.162 e. The summed E-state index contributed by atoms with van der Waals surface area (Å²) in [6.45, 7) is 3.66. The lowest BCUT2D eigenvalue weighted by atomic mass is 9.82. The van der Waals surface area contributed by atoms with Crippen molar-refractivity contribution >= 4 is 0 Å². The lowest BCUT2D eigenvalue weighted by Crippen LogP contribution is -2.51. The quantitative estimate of drug-likeness (QED) is 0.881. The van der Waals surface area contributed by atoms with E-state index in [1.165, 1.54) is 6.07 Å². The Kier molecular flexibility index (Phi) is 3.40. The van der Waals surface area contributed by atoms with Gasteiger partial charge in [-0.1, -0.05) is 6.07 Å². The van der Waals surface area contributed by atoms with Crippen molar-refractivity contribution in [2.75, 3.05) is 19.8 Å². The van der Waals surface area contributed by atoms with Crippen molar-refractivity contribution in [3.8, 4) is 0 Å². The van der Waals surface area contributed by atoms with E-state index in [4.69, 9.17) is 9.47 Å². The lowest BCUT2D eigenvalue weighted by molar-refractivity contribution is -0.273. The third kappa shape index (κ3) is 2.39. The summed E-state index contributed by atoms with van der Waals surface area (Å²) in [7, 11) is 0. The van der Waals surface area contributed by atoms with E-state index >= 15 is 0 Å². The van der Waals surface area contributed by atoms with Crippen LogP contribution in [0.1, 0.15) is 19.4 Å². The van der Waals surface area contributed by atoms with Crippen LogP contribution in [0.25, 0.3) is 0 Å². The van der Waals surface area contributed by atoms with Gasteiger partial charge in [0.25, 0.3) is 0 Å². The Bertz CT molecular complexity index is 436. The summed E-state index contributed by atoms with van der Waals surface area (Å²) in [5, 5.41) is 9.55. The molecule has 0 saturated carbocycles. The van der Waals surface area contributed by atoms with Crippen LogP contribution in [0.4, 0.5) is 8.78 Å². The third-order valence-corrected chi connectivity index (χ3v) is 3.23. The summed E-state index contributed by atoms with van der Waals surface area (Å²) >= 11 is 0. The number of aliphatic hydroxyl groups is 1. The number of hydrogen-bond acceptors (Lipinski definition) is 3. The molecule has 1 aliphatic rings. The Labute approximate surface area is 104 Å². The van der Waals surface area contributed by atoms with Gasteiger partial charge in [-0.15, -0.1) is 0 Å². The van der Waals surface area contributed by atoms with Crippen molar-refractivity contribution in [3.63, 3.8) is 0 Å². The van der Waals surface area contributed by atoms with E-state index in [0.29, 0.717) is 5.56 Å². The first-order valence-electron chi connectivity index (χ1n) is 5.73. The summed E-state index contributed by atoms with van der Waals surface area (Å²) in [4.78, 5) is 0. The van der Waals surface area contributed by atoms with Gasteiger partial charge in [0.1, 0.15) is 0 Å². The molecule has 5 heteroatoms. The molecule has 1 aliphatic heterocycles. The van der Waals surface area contributed by atoms with E-state index in [-0.39, 0.29) is 19.8 Å². The molecule has 1 aromatic rings. The van der Waals surface area contributed by atoms with Crippen LogP contribution >= 0.6 is 0 Å². The number of ether oxygens (including phenoxy) is 2. The van der Waals surface area contributed by atoms with E-state index in [2.05, 4.69) is 0 Å². The molecule has 1 aromatic carbocycles. The van der Waals surface area contributed by atoms with E-state index in [9.17, 15) is 13.9 Å². The van der Waals surface area contributed by atoms with Crippen LogP contribution in [0.5, 0.6) is 0 Å². The molecule has 1 fully saturated rings. The maximum atomic E-state index is 13.3. The molecule has 0 aliphatic carbocycles. The molecule has 0 unspecified atom stereocenters. The average Bonchev–Trinajstić information content (AvgIpc) is 2.34. The second-order valence-corrected chi connectivity index (χ2v) is 5.04. The fourth-order valence-corrected chi connectivity index (χ4v) is 1.88. The molecule has 0 aromatic heterocycles. The van der Waals surface area contributed by atoms with Crippen LogP contribution in [0.15, 0.2) is 18.2 Å². The van der Waals surface area contributed by atoms with Gasteiger partial charge in [0.15, 0.2) is 17.4 Å². The Morgan fingerprint density at radius 1 is 1.17 bits per heavy atom. The molecule has 1 heterocycles. The molecule has 0 amide bonds. The zero-order chi connectivity index (χ0) is 13.4. The van der Waals surface area contributed by atoms with E-state index in [1.54, 1.807) is 13.8 Å². The van der Waals surface area contributed by atoms with E-state index in [0.717, 1.165) is 12.1 Å². The predicted molar refractivity (Wildman–Crippen MR) is 61.1 cm³/mol. The first-order valence-corrected chi connectivity index (χ1v) is 5.73. The molecular formula is C13H16F2O3. The summed E-state index contributed by atoms with van der Waals surface area (Å²) < 4.78 is 37.2. The topological polar surface area (TPSA) is 38.7 Å². The van der Waals surface area contributed by atoms with E-state index in [1.807, 2.05) is 0 Å². The molecule has 0 atom stereocenters. The minimum Gasteiger partial charge on any atom is -0.395 e. The predicted octanol–water partition coefficient (Wildman–Crippen LogP) is 1.98. The summed E-state index contributed by atoms with van der Waals surface area (Å²) in [5.74, 6) is -2.58. The highest BCUT2D eigenvalue weighted by atomic mass is 19.2. The molecule has 0 radical (unpaired) electrons. The number of benzene rings is 1. The van der Waals surface area contributed by atoms with Crippen LogP contribution in [0, 0.1) is 11.6 Å². The Balaban J connectivity index is 2.30. The van der Waals surface area contributed by atoms with Crippen LogP contribution < -0.4 is 0 Å². The fourth-order valence-electron chi connectivity index (χ4n) is 1.88. The summed E-state index contributed by atoms with van der Waals surface area (Å²) in [6.07, 6.45) is 0. The van der Waals surface area contributed by atoms with Gasteiger partial charge in [0, 0.05) is 0 Å². The zero-order valence-electron chi connectivity index (χ0n) is 10.4. The van der Waals surface area contributed by atoms with Crippen LogP contribution in [0.3, 0.4) is 0 Å². The minimum atomic E-state index is -0.940. The maximum Gasteiger partial charge on any atom is 0.162 e. The number of halogens is 2. The van der Waals surface area contributed by atoms with Crippen molar-refractivity contribution in [2.24, 2.45) is 0 Å². The highest BCUT2D eigenvalue weighted by Gasteiger charge is 2.41. The van der Waals surface area contributed by atoms with Gasteiger partial charge in [-0.2, -0.15) is 0 Å². The lowest BCUT2D eigenvalue weighted by Gasteiger charge is -2.42. The third-order valence-electron chi connectivity index (χ3n) is 3.23. The average molecular weight is 258 g/mol. The highest BCUT2D eigenvalue weighted by molar-refractivity contribution is 5.28. The molecule has 1 N–H and O–H groups in total. The number of rotatable bonds is 2. The van der Waals surface area contributed by atoms with Gasteiger partial charge in [0.05, 0.1) is 25.2 Å². The standard InChI is InChI=1S/C13H16F2O3/c1-12(2)17-7-13(6-16,8-18-12)9-3-4-10(14)11(15)5-9/h3-5,16H,6-8H2,1-2H3. The monoisotopic (exact) mass is 258 g/mol. The van der Waals surface area contributed by atoms with Gasteiger partial charge >= 0.3 is 0 Å². The Morgan fingerprint density at radius 2 is 1.78 bits per heavy atom. The molecule has 2 rings (SSSR count). The molecule has 1 saturated heterocycles. The van der Waals surface area contributed by atoms with Crippen molar-refractivity contribution in [1.29, 1.82) is 0 Å². The number of hydrogen-bond donors (Lipinski definition) is 1. The molecule has 3 nitrogen and oxygen atoms in total. The van der Waals surface area contributed by atoms with E-state index < -0.39 is 22.8 Å². The Morgan fingerprint density at radius 3 is 2.28 bits per heavy atom. The van der Waals surface area contributed by atoms with Crippen LogP contribution in [0.2, 0.25) is 0 Å². The molecule has 100 valence electrons. The highest BCUT2D eigenvalue weighted by Crippen LogP contribution is 2.33. The largest absolute Gasteiger partial charge is 0.395 e. The van der Waals surface area contributed by atoms with Crippen molar-refractivity contribution in [1.82, 2.24) is 0 Å². The summed E-state index contributed by atoms with van der Waals surface area (Å²) in [6, 6.07) is 3.57. The SMILES string of the molecule is CC1(C)OCC(CO)(c2ccc(F)c(F)c2)CO1. The fraction of sp³-hybridized carbons (Fsp3) is 0.538. The normalized spacial score (nSPS) is 21.8. The first-order chi connectivity index (χ1) is 8.38. The minimum absolute atomic E-state index is 0.196.